The number of benzene rings is 2. The first-order valence-electron chi connectivity index (χ1n) is 8.67. The summed E-state index contributed by atoms with van der Waals surface area (Å²) in [5, 5.41) is 5.81. The number of hydrogen-bond donors (Lipinski definition) is 2. The summed E-state index contributed by atoms with van der Waals surface area (Å²) in [4.78, 5) is 27.1. The van der Waals surface area contributed by atoms with Crippen molar-refractivity contribution in [2.45, 2.75) is 13.8 Å². The van der Waals surface area contributed by atoms with Gasteiger partial charge in [-0.25, -0.2) is 0 Å². The molecule has 0 saturated carbocycles. The van der Waals surface area contributed by atoms with Crippen LogP contribution >= 0.6 is 0 Å². The molecule has 0 aliphatic rings. The van der Waals surface area contributed by atoms with Gasteiger partial charge in [-0.1, -0.05) is 44.2 Å². The molecular formula is C21H27N3O2. The van der Waals surface area contributed by atoms with Gasteiger partial charge in [0.25, 0.3) is 11.8 Å². The minimum Gasteiger partial charge on any atom is -0.351 e. The first kappa shape index (κ1) is 19.7. The van der Waals surface area contributed by atoms with E-state index in [1.54, 1.807) is 48.5 Å². The third-order valence-corrected chi connectivity index (χ3v) is 3.93. The first-order chi connectivity index (χ1) is 12.3. The van der Waals surface area contributed by atoms with Crippen molar-refractivity contribution < 1.29 is 9.59 Å². The summed E-state index contributed by atoms with van der Waals surface area (Å²) in [6.45, 7) is 5.62. The number of rotatable bonds is 7. The Kier molecular flexibility index (Phi) is 6.52. The van der Waals surface area contributed by atoms with Crippen molar-refractivity contribution in [1.82, 2.24) is 10.2 Å². The van der Waals surface area contributed by atoms with Crippen LogP contribution in [-0.2, 0) is 0 Å². The number of anilines is 1. The van der Waals surface area contributed by atoms with Crippen LogP contribution in [0.4, 0.5) is 5.69 Å². The van der Waals surface area contributed by atoms with Crippen LogP contribution in [0.3, 0.4) is 0 Å². The highest BCUT2D eigenvalue weighted by atomic mass is 16.2. The largest absolute Gasteiger partial charge is 0.351 e. The maximum atomic E-state index is 12.6. The molecule has 2 rings (SSSR count). The van der Waals surface area contributed by atoms with Gasteiger partial charge in [0.2, 0.25) is 0 Å². The summed E-state index contributed by atoms with van der Waals surface area (Å²) < 4.78 is 0. The summed E-state index contributed by atoms with van der Waals surface area (Å²) >= 11 is 0. The number of amides is 2. The van der Waals surface area contributed by atoms with Crippen LogP contribution in [0.2, 0.25) is 0 Å². The fourth-order valence-corrected chi connectivity index (χ4v) is 2.90. The van der Waals surface area contributed by atoms with Gasteiger partial charge in [0.15, 0.2) is 0 Å². The molecule has 2 aromatic rings. The van der Waals surface area contributed by atoms with E-state index < -0.39 is 0 Å². The predicted molar refractivity (Wildman–Crippen MR) is 106 cm³/mol. The Morgan fingerprint density at radius 3 is 2.19 bits per heavy atom. The molecule has 0 spiro atoms. The Bertz CT molecular complexity index is 755. The summed E-state index contributed by atoms with van der Waals surface area (Å²) in [7, 11) is 4.02. The second-order valence-corrected chi connectivity index (χ2v) is 7.45. The zero-order chi connectivity index (χ0) is 19.2. The summed E-state index contributed by atoms with van der Waals surface area (Å²) in [5.74, 6) is -0.431. The van der Waals surface area contributed by atoms with E-state index in [2.05, 4.69) is 29.4 Å². The van der Waals surface area contributed by atoms with Crippen LogP contribution in [-0.4, -0.2) is 43.9 Å². The lowest BCUT2D eigenvalue weighted by Crippen LogP contribution is -2.40. The van der Waals surface area contributed by atoms with E-state index >= 15 is 0 Å². The molecule has 0 heterocycles. The van der Waals surface area contributed by atoms with E-state index in [1.165, 1.54) is 0 Å². The van der Waals surface area contributed by atoms with E-state index in [0.717, 1.165) is 6.54 Å². The Morgan fingerprint density at radius 1 is 0.923 bits per heavy atom. The fourth-order valence-electron chi connectivity index (χ4n) is 2.90. The number of para-hydroxylation sites is 1. The highest BCUT2D eigenvalue weighted by Gasteiger charge is 2.21. The van der Waals surface area contributed by atoms with Crippen molar-refractivity contribution in [2.24, 2.45) is 5.41 Å². The summed E-state index contributed by atoms with van der Waals surface area (Å²) in [6, 6.07) is 16.0. The van der Waals surface area contributed by atoms with Gasteiger partial charge in [-0.2, -0.15) is 0 Å². The van der Waals surface area contributed by atoms with E-state index in [0.29, 0.717) is 23.4 Å². The van der Waals surface area contributed by atoms with E-state index in [4.69, 9.17) is 0 Å². The van der Waals surface area contributed by atoms with Crippen LogP contribution in [0.25, 0.3) is 0 Å². The van der Waals surface area contributed by atoms with Crippen molar-refractivity contribution in [3.63, 3.8) is 0 Å². The average molecular weight is 353 g/mol. The lowest BCUT2D eigenvalue weighted by molar-refractivity contribution is 0.0930. The topological polar surface area (TPSA) is 61.4 Å². The third-order valence-electron chi connectivity index (χ3n) is 3.93. The van der Waals surface area contributed by atoms with Crippen LogP contribution in [0, 0.1) is 5.41 Å². The number of hydrogen-bond acceptors (Lipinski definition) is 3. The molecule has 0 aliphatic heterocycles. The van der Waals surface area contributed by atoms with Crippen molar-refractivity contribution in [2.75, 3.05) is 32.5 Å². The van der Waals surface area contributed by atoms with Crippen molar-refractivity contribution in [3.8, 4) is 0 Å². The van der Waals surface area contributed by atoms with E-state index in [9.17, 15) is 9.59 Å². The highest BCUT2D eigenvalue weighted by Crippen LogP contribution is 2.18. The monoisotopic (exact) mass is 353 g/mol. The summed E-state index contributed by atoms with van der Waals surface area (Å²) in [6.07, 6.45) is 0. The molecule has 2 N–H and O–H groups in total. The minimum atomic E-state index is -0.237. The minimum absolute atomic E-state index is 0.0542. The van der Waals surface area contributed by atoms with E-state index in [1.807, 2.05) is 20.2 Å². The molecule has 2 amide bonds. The average Bonchev–Trinajstić information content (AvgIpc) is 2.60. The highest BCUT2D eigenvalue weighted by molar-refractivity contribution is 6.08. The molecule has 0 radical (unpaired) electrons. The normalized spacial score (nSPS) is 11.3. The Labute approximate surface area is 155 Å². The van der Waals surface area contributed by atoms with Gasteiger partial charge in [0.05, 0.1) is 11.3 Å². The molecule has 0 saturated heterocycles. The Hall–Kier alpha value is -2.66. The molecular weight excluding hydrogens is 326 g/mol. The zero-order valence-electron chi connectivity index (χ0n) is 15.9. The molecule has 0 fully saturated rings. The van der Waals surface area contributed by atoms with Gasteiger partial charge in [-0.15, -0.1) is 0 Å². The Balaban J connectivity index is 2.08. The first-order valence-corrected chi connectivity index (χ1v) is 8.67. The fraction of sp³-hybridized carbons (Fsp3) is 0.333. The maximum absolute atomic E-state index is 12.6. The number of nitrogens with zero attached hydrogens (tertiary/aromatic N) is 1. The molecule has 0 unspecified atom stereocenters. The van der Waals surface area contributed by atoms with Gasteiger partial charge >= 0.3 is 0 Å². The number of nitrogens with one attached hydrogen (secondary N) is 2. The van der Waals surface area contributed by atoms with Crippen LogP contribution in [0.15, 0.2) is 54.6 Å². The van der Waals surface area contributed by atoms with E-state index in [-0.39, 0.29) is 17.2 Å². The zero-order valence-corrected chi connectivity index (χ0v) is 15.9. The number of carbonyl (C=O) groups excluding carboxylic acids is 2. The molecule has 5 heteroatoms. The molecule has 0 atom stereocenters. The maximum Gasteiger partial charge on any atom is 0.255 e. The molecule has 0 aliphatic carbocycles. The second kappa shape index (κ2) is 8.63. The smallest absolute Gasteiger partial charge is 0.255 e. The van der Waals surface area contributed by atoms with Gasteiger partial charge < -0.3 is 15.5 Å². The SMILES string of the molecule is CN(C)CC(C)(C)CNC(=O)c1ccccc1NC(=O)c1ccccc1. The van der Waals surface area contributed by atoms with Crippen LogP contribution in [0.1, 0.15) is 34.6 Å². The molecule has 0 aromatic heterocycles. The Morgan fingerprint density at radius 2 is 1.54 bits per heavy atom. The van der Waals surface area contributed by atoms with Gasteiger partial charge in [-0.05, 0) is 43.8 Å². The quantitative estimate of drug-likeness (QED) is 0.803. The van der Waals surface area contributed by atoms with Crippen molar-refractivity contribution in [3.05, 3.63) is 65.7 Å². The van der Waals surface area contributed by atoms with Crippen LogP contribution in [0.5, 0.6) is 0 Å². The lowest BCUT2D eigenvalue weighted by Gasteiger charge is -2.28. The van der Waals surface area contributed by atoms with Gasteiger partial charge in [0.1, 0.15) is 0 Å². The standard InChI is InChI=1S/C21H27N3O2/c1-21(2,15-24(3)4)14-22-20(26)17-12-8-9-13-18(17)23-19(25)16-10-6-5-7-11-16/h5-13H,14-15H2,1-4H3,(H,22,26)(H,23,25). The van der Waals surface area contributed by atoms with Gasteiger partial charge in [-0.3, -0.25) is 9.59 Å². The third kappa shape index (κ3) is 5.70. The molecule has 5 nitrogen and oxygen atoms in total. The predicted octanol–water partition coefficient (Wildman–Crippen LogP) is 3.26. The molecule has 0 bridgehead atoms. The second-order valence-electron chi connectivity index (χ2n) is 7.45. The van der Waals surface area contributed by atoms with Crippen molar-refractivity contribution in [1.29, 1.82) is 0 Å². The molecule has 138 valence electrons. The molecule has 2 aromatic carbocycles. The van der Waals surface area contributed by atoms with Crippen molar-refractivity contribution >= 4 is 17.5 Å². The lowest BCUT2D eigenvalue weighted by atomic mass is 9.93. The summed E-state index contributed by atoms with van der Waals surface area (Å²) in [5.41, 5.74) is 1.46. The van der Waals surface area contributed by atoms with Gasteiger partial charge in [0, 0.05) is 18.7 Å². The number of carbonyl (C=O) groups is 2. The van der Waals surface area contributed by atoms with Crippen LogP contribution < -0.4 is 10.6 Å². The molecule has 26 heavy (non-hydrogen) atoms.